The summed E-state index contributed by atoms with van der Waals surface area (Å²) in [7, 11) is -4.00. The van der Waals surface area contributed by atoms with Gasteiger partial charge in [0.25, 0.3) is 10.0 Å². The average molecular weight is 332 g/mol. The monoisotopic (exact) mass is 332 g/mol. The average Bonchev–Trinajstić information content (AvgIpc) is 2.93. The molecule has 0 spiro atoms. The summed E-state index contributed by atoms with van der Waals surface area (Å²) in [6, 6.07) is 5.19. The maximum Gasteiger partial charge on any atom is 0.342 e. The van der Waals surface area contributed by atoms with Crippen molar-refractivity contribution in [3.63, 3.8) is 0 Å². The summed E-state index contributed by atoms with van der Waals surface area (Å²) < 4.78 is 27.4. The molecular weight excluding hydrogens is 320 g/mol. The van der Waals surface area contributed by atoms with Crippen molar-refractivity contribution in [1.82, 2.24) is 24.2 Å². The third kappa shape index (κ3) is 2.71. The first-order valence-corrected chi connectivity index (χ1v) is 7.94. The second kappa shape index (κ2) is 5.32. The van der Waals surface area contributed by atoms with Gasteiger partial charge in [0, 0.05) is 0 Å². The topological polar surface area (TPSA) is 133 Å². The highest BCUT2D eigenvalue weighted by Crippen LogP contribution is 2.15. The predicted molar refractivity (Wildman–Crippen MR) is 82.0 cm³/mol. The maximum absolute atomic E-state index is 12.2. The Bertz CT molecular complexity index is 994. The first-order chi connectivity index (χ1) is 10.9. The number of carbonyl (C=O) groups excluding carboxylic acids is 1. The number of hydrogen-bond acceptors (Lipinski definition) is 7. The molecule has 1 aromatic carbocycles. The quantitative estimate of drug-likeness (QED) is 0.704. The van der Waals surface area contributed by atoms with E-state index in [2.05, 4.69) is 15.0 Å². The number of aromatic nitrogens is 4. The highest BCUT2D eigenvalue weighted by atomic mass is 32.2. The molecule has 0 saturated carbocycles. The van der Waals surface area contributed by atoms with E-state index in [0.717, 1.165) is 22.8 Å². The number of hydrogen-bond donors (Lipinski definition) is 2. The highest BCUT2D eigenvalue weighted by Gasteiger charge is 2.21. The maximum atomic E-state index is 12.2. The fourth-order valence-electron chi connectivity index (χ4n) is 1.94. The number of anilines is 1. The van der Waals surface area contributed by atoms with Gasteiger partial charge in [-0.2, -0.15) is 0 Å². The Morgan fingerprint density at radius 1 is 1.17 bits per heavy atom. The molecule has 0 saturated heterocycles. The Hall–Kier alpha value is -3.01. The number of nitrogens with two attached hydrogens (primary N) is 1. The summed E-state index contributed by atoms with van der Waals surface area (Å²) in [5.41, 5.74) is 6.87. The van der Waals surface area contributed by atoms with Crippen molar-refractivity contribution in [3.05, 3.63) is 42.5 Å². The van der Waals surface area contributed by atoms with Crippen LogP contribution in [0.4, 0.5) is 10.6 Å². The van der Waals surface area contributed by atoms with Crippen LogP contribution in [0.1, 0.15) is 5.56 Å². The van der Waals surface area contributed by atoms with Gasteiger partial charge in [0.1, 0.15) is 12.7 Å². The Labute approximate surface area is 131 Å². The zero-order valence-corrected chi connectivity index (χ0v) is 12.8. The third-order valence-corrected chi connectivity index (χ3v) is 4.47. The number of imidazole rings is 1. The van der Waals surface area contributed by atoms with E-state index in [-0.39, 0.29) is 21.9 Å². The minimum atomic E-state index is -4.00. The number of nitrogen functional groups attached to an aromatic ring is 1. The number of carbonyl (C=O) groups is 1. The Morgan fingerprint density at radius 2 is 1.87 bits per heavy atom. The van der Waals surface area contributed by atoms with E-state index in [1.807, 2.05) is 11.6 Å². The fourth-order valence-corrected chi connectivity index (χ4v) is 2.88. The second-order valence-electron chi connectivity index (χ2n) is 4.77. The lowest BCUT2D eigenvalue weighted by Crippen LogP contribution is -2.34. The second-order valence-corrected chi connectivity index (χ2v) is 6.45. The van der Waals surface area contributed by atoms with E-state index in [9.17, 15) is 13.2 Å². The molecule has 2 heterocycles. The van der Waals surface area contributed by atoms with Crippen molar-refractivity contribution in [2.75, 3.05) is 5.73 Å². The summed E-state index contributed by atoms with van der Waals surface area (Å²) in [4.78, 5) is 23.8. The molecule has 0 radical (unpaired) electrons. The Kier molecular flexibility index (Phi) is 3.45. The third-order valence-electron chi connectivity index (χ3n) is 3.13. The fraction of sp³-hybridized carbons (Fsp3) is 0.0769. The van der Waals surface area contributed by atoms with Crippen molar-refractivity contribution in [2.24, 2.45) is 0 Å². The summed E-state index contributed by atoms with van der Waals surface area (Å²) >= 11 is 0. The zero-order chi connectivity index (χ0) is 16.6. The van der Waals surface area contributed by atoms with E-state index < -0.39 is 16.1 Å². The summed E-state index contributed by atoms with van der Waals surface area (Å²) in [6.45, 7) is 1.83. The van der Waals surface area contributed by atoms with Crippen LogP contribution in [0.25, 0.3) is 11.2 Å². The summed E-state index contributed by atoms with van der Waals surface area (Å²) in [6.07, 6.45) is 2.30. The van der Waals surface area contributed by atoms with Crippen LogP contribution in [-0.2, 0) is 10.0 Å². The molecule has 3 N–H and O–H groups in total. The lowest BCUT2D eigenvalue weighted by atomic mass is 10.2. The van der Waals surface area contributed by atoms with E-state index in [4.69, 9.17) is 5.73 Å². The molecule has 0 bridgehead atoms. The lowest BCUT2D eigenvalue weighted by Gasteiger charge is -2.07. The standard InChI is InChI=1S/C13H12N6O3S/c1-8-2-4-9(5-3-8)23(21,22)18-13(20)19-7-17-10-11(14)15-6-16-12(10)19/h2-7H,1H3,(H,18,20)(H2,14,15,16). The van der Waals surface area contributed by atoms with Gasteiger partial charge in [0.15, 0.2) is 17.0 Å². The summed E-state index contributed by atoms with van der Waals surface area (Å²) in [5, 5.41) is 0. The number of sulfonamides is 1. The van der Waals surface area contributed by atoms with Crippen LogP contribution in [0.15, 0.2) is 41.8 Å². The predicted octanol–water partition coefficient (Wildman–Crippen LogP) is 0.664. The van der Waals surface area contributed by atoms with Crippen LogP contribution in [0.5, 0.6) is 0 Å². The lowest BCUT2D eigenvalue weighted by molar-refractivity contribution is 0.248. The van der Waals surface area contributed by atoms with Crippen molar-refractivity contribution in [1.29, 1.82) is 0 Å². The van der Waals surface area contributed by atoms with Crippen LogP contribution >= 0.6 is 0 Å². The number of nitrogens with zero attached hydrogens (tertiary/aromatic N) is 4. The largest absolute Gasteiger partial charge is 0.382 e. The number of aryl methyl sites for hydroxylation is 1. The van der Waals surface area contributed by atoms with Crippen LogP contribution in [-0.4, -0.2) is 34.0 Å². The molecule has 10 heteroatoms. The number of amides is 1. The van der Waals surface area contributed by atoms with Crippen molar-refractivity contribution < 1.29 is 13.2 Å². The summed E-state index contributed by atoms with van der Waals surface area (Å²) in [5.74, 6) is 0.0999. The Morgan fingerprint density at radius 3 is 2.57 bits per heavy atom. The zero-order valence-electron chi connectivity index (χ0n) is 12.0. The molecule has 0 unspecified atom stereocenters. The van der Waals surface area contributed by atoms with Gasteiger partial charge in [0.2, 0.25) is 0 Å². The van der Waals surface area contributed by atoms with E-state index in [1.54, 1.807) is 12.1 Å². The van der Waals surface area contributed by atoms with Crippen LogP contribution in [0.3, 0.4) is 0 Å². The van der Waals surface area contributed by atoms with Gasteiger partial charge >= 0.3 is 6.03 Å². The molecule has 3 aromatic rings. The molecular formula is C13H12N6O3S. The van der Waals surface area contributed by atoms with Crippen molar-refractivity contribution >= 4 is 33.0 Å². The van der Waals surface area contributed by atoms with E-state index in [1.165, 1.54) is 12.1 Å². The van der Waals surface area contributed by atoms with Crippen LogP contribution < -0.4 is 10.5 Å². The number of rotatable bonds is 2. The number of fused-ring (bicyclic) bond motifs is 1. The molecule has 2 aromatic heterocycles. The van der Waals surface area contributed by atoms with Gasteiger partial charge in [-0.3, -0.25) is 0 Å². The van der Waals surface area contributed by atoms with Crippen LogP contribution in [0, 0.1) is 6.92 Å². The molecule has 0 aliphatic carbocycles. The minimum Gasteiger partial charge on any atom is -0.382 e. The molecule has 0 fully saturated rings. The van der Waals surface area contributed by atoms with Gasteiger partial charge in [-0.25, -0.2) is 37.5 Å². The number of benzene rings is 1. The van der Waals surface area contributed by atoms with Gasteiger partial charge in [-0.05, 0) is 19.1 Å². The van der Waals surface area contributed by atoms with Crippen LogP contribution in [0.2, 0.25) is 0 Å². The SMILES string of the molecule is Cc1ccc(S(=O)(=O)NC(=O)n2cnc3c(N)ncnc32)cc1. The van der Waals surface area contributed by atoms with Gasteiger partial charge < -0.3 is 5.73 Å². The van der Waals surface area contributed by atoms with Crippen molar-refractivity contribution in [2.45, 2.75) is 11.8 Å². The molecule has 9 nitrogen and oxygen atoms in total. The highest BCUT2D eigenvalue weighted by molar-refractivity contribution is 7.90. The first kappa shape index (κ1) is 14.9. The van der Waals surface area contributed by atoms with Gasteiger partial charge in [0.05, 0.1) is 4.90 Å². The normalized spacial score (nSPS) is 11.5. The van der Waals surface area contributed by atoms with Gasteiger partial charge in [-0.15, -0.1) is 0 Å². The molecule has 1 amide bonds. The molecule has 3 rings (SSSR count). The smallest absolute Gasteiger partial charge is 0.342 e. The first-order valence-electron chi connectivity index (χ1n) is 6.46. The van der Waals surface area contributed by atoms with Crippen molar-refractivity contribution in [3.8, 4) is 0 Å². The van der Waals surface area contributed by atoms with E-state index in [0.29, 0.717) is 0 Å². The van der Waals surface area contributed by atoms with Gasteiger partial charge in [-0.1, -0.05) is 17.7 Å². The molecule has 0 atom stereocenters. The molecule has 118 valence electrons. The number of nitrogens with one attached hydrogen (secondary N) is 1. The molecule has 0 aliphatic rings. The molecule has 0 aliphatic heterocycles. The minimum absolute atomic E-state index is 0.0185. The Balaban J connectivity index is 1.94. The van der Waals surface area contributed by atoms with E-state index >= 15 is 0 Å². The molecule has 23 heavy (non-hydrogen) atoms.